The third-order valence-corrected chi connectivity index (χ3v) is 2.14. The minimum absolute atomic E-state index is 0.0784. The maximum atomic E-state index is 11.7. The van der Waals surface area contributed by atoms with E-state index in [4.69, 9.17) is 4.74 Å². The Bertz CT molecular complexity index is 158. The molecule has 4 nitrogen and oxygen atoms in total. The van der Waals surface area contributed by atoms with E-state index in [9.17, 15) is 4.79 Å². The highest BCUT2D eigenvalue weighted by Gasteiger charge is 2.13. The number of carbonyl (C=O) groups excluding carboxylic acids is 1. The summed E-state index contributed by atoms with van der Waals surface area (Å²) in [6.07, 6.45) is 0. The lowest BCUT2D eigenvalue weighted by Crippen LogP contribution is -2.42. The number of ether oxygens (including phenoxy) is 1. The van der Waals surface area contributed by atoms with Crippen molar-refractivity contribution >= 4 is 6.03 Å². The Morgan fingerprint density at radius 1 is 1.21 bits per heavy atom. The summed E-state index contributed by atoms with van der Waals surface area (Å²) in [5.41, 5.74) is 0. The molecule has 0 aromatic carbocycles. The summed E-state index contributed by atoms with van der Waals surface area (Å²) < 4.78 is 5.19. The van der Waals surface area contributed by atoms with Gasteiger partial charge in [-0.05, 0) is 20.8 Å². The molecule has 0 aromatic heterocycles. The quantitative estimate of drug-likeness (QED) is 0.610. The van der Waals surface area contributed by atoms with E-state index in [-0.39, 0.29) is 6.03 Å². The Labute approximate surface area is 86.8 Å². The molecule has 0 unspecified atom stereocenters. The van der Waals surface area contributed by atoms with Crippen LogP contribution in [0.4, 0.5) is 4.79 Å². The normalized spacial score (nSPS) is 10.0. The number of rotatable bonds is 6. The molecular weight excluding hydrogens is 180 g/mol. The monoisotopic (exact) mass is 202 g/mol. The lowest BCUT2D eigenvalue weighted by Gasteiger charge is -2.25. The Kier molecular flexibility index (Phi) is 7.20. The highest BCUT2D eigenvalue weighted by Crippen LogP contribution is 1.96. The van der Waals surface area contributed by atoms with Gasteiger partial charge in [0.05, 0.1) is 6.61 Å². The maximum absolute atomic E-state index is 11.7. The van der Waals surface area contributed by atoms with Crippen molar-refractivity contribution in [2.24, 2.45) is 0 Å². The zero-order valence-corrected chi connectivity index (χ0v) is 9.75. The van der Waals surface area contributed by atoms with Gasteiger partial charge >= 0.3 is 6.03 Å². The molecule has 0 fully saturated rings. The van der Waals surface area contributed by atoms with Gasteiger partial charge in [-0.15, -0.1) is 0 Å². The number of hydrogen-bond donors (Lipinski definition) is 0. The molecule has 0 rings (SSSR count). The minimum Gasteiger partial charge on any atom is -0.380 e. The van der Waals surface area contributed by atoms with Crippen LogP contribution < -0.4 is 0 Å². The topological polar surface area (TPSA) is 32.8 Å². The summed E-state index contributed by atoms with van der Waals surface area (Å²) in [6, 6.07) is 0.0784. The molecule has 0 N–H and O–H groups in total. The van der Waals surface area contributed by atoms with Gasteiger partial charge in [-0.3, -0.25) is 0 Å². The fourth-order valence-electron chi connectivity index (χ4n) is 1.18. The Hall–Kier alpha value is -0.770. The predicted molar refractivity (Wildman–Crippen MR) is 57.4 cm³/mol. The molecule has 0 heterocycles. The van der Waals surface area contributed by atoms with Gasteiger partial charge in [-0.2, -0.15) is 0 Å². The molecule has 0 radical (unpaired) electrons. The van der Waals surface area contributed by atoms with E-state index in [0.717, 1.165) is 13.1 Å². The molecule has 84 valence electrons. The van der Waals surface area contributed by atoms with Crippen LogP contribution in [-0.4, -0.2) is 55.7 Å². The summed E-state index contributed by atoms with van der Waals surface area (Å²) in [5, 5.41) is 0. The van der Waals surface area contributed by atoms with Crippen LogP contribution in [0.2, 0.25) is 0 Å². The van der Waals surface area contributed by atoms with Crippen molar-refractivity contribution in [3.8, 4) is 0 Å². The van der Waals surface area contributed by atoms with Crippen LogP contribution in [0.5, 0.6) is 0 Å². The van der Waals surface area contributed by atoms with Gasteiger partial charge in [0.1, 0.15) is 0 Å². The minimum atomic E-state index is 0.0784. The van der Waals surface area contributed by atoms with Crippen molar-refractivity contribution in [3.05, 3.63) is 0 Å². The van der Waals surface area contributed by atoms with Gasteiger partial charge in [-0.25, -0.2) is 4.79 Å². The lowest BCUT2D eigenvalue weighted by molar-refractivity contribution is 0.115. The molecule has 0 atom stereocenters. The molecule has 0 spiro atoms. The average molecular weight is 202 g/mol. The van der Waals surface area contributed by atoms with Gasteiger partial charge in [0.15, 0.2) is 0 Å². The molecule has 0 saturated carbocycles. The van der Waals surface area contributed by atoms with Crippen LogP contribution in [0, 0.1) is 0 Å². The van der Waals surface area contributed by atoms with Gasteiger partial charge in [0, 0.05) is 33.3 Å². The Balaban J connectivity index is 3.84. The molecular formula is C10H22N2O2. The van der Waals surface area contributed by atoms with E-state index >= 15 is 0 Å². The summed E-state index contributed by atoms with van der Waals surface area (Å²) in [5.74, 6) is 0. The average Bonchev–Trinajstić information content (AvgIpc) is 2.19. The highest BCUT2D eigenvalue weighted by atomic mass is 16.5. The standard InChI is InChI=1S/C10H22N2O2/c1-5-12(6-2)10(13)11(4)8-9-14-7-3/h5-9H2,1-4H3. The Morgan fingerprint density at radius 3 is 2.21 bits per heavy atom. The van der Waals surface area contributed by atoms with Crippen LogP contribution in [0.3, 0.4) is 0 Å². The second-order valence-corrected chi connectivity index (χ2v) is 3.07. The SMILES string of the molecule is CCOCCN(C)C(=O)N(CC)CC. The van der Waals surface area contributed by atoms with Gasteiger partial charge in [0.2, 0.25) is 0 Å². The molecule has 0 bridgehead atoms. The first kappa shape index (κ1) is 13.2. The zero-order chi connectivity index (χ0) is 11.0. The van der Waals surface area contributed by atoms with E-state index in [2.05, 4.69) is 0 Å². The first-order valence-electron chi connectivity index (χ1n) is 5.25. The number of carbonyl (C=O) groups is 1. The number of amides is 2. The fourth-order valence-corrected chi connectivity index (χ4v) is 1.18. The van der Waals surface area contributed by atoms with Crippen molar-refractivity contribution in [3.63, 3.8) is 0 Å². The molecule has 0 saturated heterocycles. The first-order valence-corrected chi connectivity index (χ1v) is 5.25. The smallest absolute Gasteiger partial charge is 0.319 e. The Morgan fingerprint density at radius 2 is 1.79 bits per heavy atom. The molecule has 4 heteroatoms. The van der Waals surface area contributed by atoms with Crippen LogP contribution in [0.15, 0.2) is 0 Å². The van der Waals surface area contributed by atoms with Crippen LogP contribution in [0.25, 0.3) is 0 Å². The van der Waals surface area contributed by atoms with Gasteiger partial charge in [-0.1, -0.05) is 0 Å². The molecule has 0 aliphatic heterocycles. The number of hydrogen-bond acceptors (Lipinski definition) is 2. The predicted octanol–water partition coefficient (Wildman–Crippen LogP) is 1.42. The third kappa shape index (κ3) is 4.46. The van der Waals surface area contributed by atoms with Crippen molar-refractivity contribution in [2.45, 2.75) is 20.8 Å². The van der Waals surface area contributed by atoms with Crippen molar-refractivity contribution in [1.82, 2.24) is 9.80 Å². The summed E-state index contributed by atoms with van der Waals surface area (Å²) in [4.78, 5) is 15.2. The maximum Gasteiger partial charge on any atom is 0.319 e. The second kappa shape index (κ2) is 7.62. The summed E-state index contributed by atoms with van der Waals surface area (Å²) >= 11 is 0. The second-order valence-electron chi connectivity index (χ2n) is 3.07. The number of urea groups is 1. The molecule has 0 aliphatic carbocycles. The van der Waals surface area contributed by atoms with Crippen LogP contribution >= 0.6 is 0 Å². The van der Waals surface area contributed by atoms with Gasteiger partial charge < -0.3 is 14.5 Å². The van der Waals surface area contributed by atoms with E-state index in [1.807, 2.05) is 20.8 Å². The van der Waals surface area contributed by atoms with Gasteiger partial charge in [0.25, 0.3) is 0 Å². The fraction of sp³-hybridized carbons (Fsp3) is 0.900. The van der Waals surface area contributed by atoms with Crippen molar-refractivity contribution < 1.29 is 9.53 Å². The largest absolute Gasteiger partial charge is 0.380 e. The number of nitrogens with zero attached hydrogens (tertiary/aromatic N) is 2. The van der Waals surface area contributed by atoms with Crippen LogP contribution in [-0.2, 0) is 4.74 Å². The number of likely N-dealkylation sites (N-methyl/N-ethyl adjacent to an activating group) is 1. The first-order chi connectivity index (χ1) is 6.67. The summed E-state index contributed by atoms with van der Waals surface area (Å²) in [7, 11) is 1.81. The molecule has 0 aliphatic rings. The van der Waals surface area contributed by atoms with Crippen molar-refractivity contribution in [2.75, 3.05) is 39.9 Å². The van der Waals surface area contributed by atoms with E-state index in [1.165, 1.54) is 0 Å². The molecule has 2 amide bonds. The van der Waals surface area contributed by atoms with Crippen molar-refractivity contribution in [1.29, 1.82) is 0 Å². The zero-order valence-electron chi connectivity index (χ0n) is 9.75. The van der Waals surface area contributed by atoms with E-state index in [0.29, 0.717) is 19.8 Å². The lowest BCUT2D eigenvalue weighted by atomic mass is 10.5. The van der Waals surface area contributed by atoms with E-state index in [1.54, 1.807) is 16.8 Å². The summed E-state index contributed by atoms with van der Waals surface area (Å²) in [6.45, 7) is 9.40. The third-order valence-electron chi connectivity index (χ3n) is 2.14. The highest BCUT2D eigenvalue weighted by molar-refractivity contribution is 5.74. The molecule has 14 heavy (non-hydrogen) atoms. The van der Waals surface area contributed by atoms with E-state index < -0.39 is 0 Å². The van der Waals surface area contributed by atoms with Crippen LogP contribution in [0.1, 0.15) is 20.8 Å². The molecule has 0 aromatic rings.